The number of rotatable bonds is 2. The predicted molar refractivity (Wildman–Crippen MR) is 67.1 cm³/mol. The van der Waals surface area contributed by atoms with Crippen molar-refractivity contribution in [3.05, 3.63) is 0 Å². The van der Waals surface area contributed by atoms with Crippen molar-refractivity contribution in [1.82, 2.24) is 4.90 Å². The van der Waals surface area contributed by atoms with E-state index in [0.29, 0.717) is 13.0 Å². The van der Waals surface area contributed by atoms with Gasteiger partial charge in [-0.15, -0.1) is 11.8 Å². The lowest BCUT2D eigenvalue weighted by Crippen LogP contribution is -2.53. The van der Waals surface area contributed by atoms with Crippen LogP contribution >= 0.6 is 11.8 Å². The third-order valence-electron chi connectivity index (χ3n) is 3.72. The first-order valence-electron chi connectivity index (χ1n) is 6.22. The van der Waals surface area contributed by atoms with E-state index < -0.39 is 12.0 Å². The van der Waals surface area contributed by atoms with Gasteiger partial charge in [-0.3, -0.25) is 4.79 Å². The number of amides is 1. The third kappa shape index (κ3) is 2.44. The first-order valence-corrected chi connectivity index (χ1v) is 7.21. The number of carboxylic acids is 1. The first-order chi connectivity index (χ1) is 8.04. The van der Waals surface area contributed by atoms with E-state index in [0.717, 1.165) is 31.4 Å². The lowest BCUT2D eigenvalue weighted by molar-refractivity contribution is -0.153. The van der Waals surface area contributed by atoms with Crippen molar-refractivity contribution < 1.29 is 14.7 Å². The fourth-order valence-electron chi connectivity index (χ4n) is 2.68. The van der Waals surface area contributed by atoms with Crippen LogP contribution in [0.2, 0.25) is 0 Å². The first kappa shape index (κ1) is 12.7. The third-order valence-corrected chi connectivity index (χ3v) is 5.23. The number of aliphatic carboxylic acids is 1. The van der Waals surface area contributed by atoms with E-state index in [1.54, 1.807) is 16.7 Å². The zero-order valence-corrected chi connectivity index (χ0v) is 11.0. The summed E-state index contributed by atoms with van der Waals surface area (Å²) in [7, 11) is 0. The van der Waals surface area contributed by atoms with Gasteiger partial charge in [0.05, 0.1) is 4.75 Å². The van der Waals surface area contributed by atoms with Crippen LogP contribution in [-0.4, -0.2) is 45.0 Å². The Bertz CT molecular complexity index is 326. The highest BCUT2D eigenvalue weighted by Crippen LogP contribution is 2.40. The van der Waals surface area contributed by atoms with Crippen LogP contribution in [-0.2, 0) is 9.59 Å². The minimum absolute atomic E-state index is 0.0344. The van der Waals surface area contributed by atoms with Crippen molar-refractivity contribution in [1.29, 1.82) is 0 Å². The van der Waals surface area contributed by atoms with Gasteiger partial charge in [0.25, 0.3) is 0 Å². The zero-order valence-electron chi connectivity index (χ0n) is 10.1. The molecule has 0 saturated carbocycles. The van der Waals surface area contributed by atoms with Crippen LogP contribution in [0.1, 0.15) is 39.0 Å². The van der Waals surface area contributed by atoms with Crippen molar-refractivity contribution >= 4 is 23.6 Å². The smallest absolute Gasteiger partial charge is 0.326 e. The topological polar surface area (TPSA) is 57.6 Å². The molecule has 2 saturated heterocycles. The van der Waals surface area contributed by atoms with Crippen LogP contribution in [0, 0.1) is 0 Å². The molecule has 0 aromatic carbocycles. The largest absolute Gasteiger partial charge is 0.480 e. The molecule has 0 aromatic rings. The number of nitrogens with zero attached hydrogens (tertiary/aromatic N) is 1. The summed E-state index contributed by atoms with van der Waals surface area (Å²) in [5.41, 5.74) is 0. The Hall–Kier alpha value is -0.710. The van der Waals surface area contributed by atoms with Crippen LogP contribution in [0.3, 0.4) is 0 Å². The molecule has 2 atom stereocenters. The van der Waals surface area contributed by atoms with E-state index in [4.69, 9.17) is 0 Å². The molecule has 2 rings (SSSR count). The molecule has 17 heavy (non-hydrogen) atoms. The zero-order chi connectivity index (χ0) is 12.5. The summed E-state index contributed by atoms with van der Waals surface area (Å²) in [6.45, 7) is 2.56. The molecule has 2 heterocycles. The summed E-state index contributed by atoms with van der Waals surface area (Å²) in [5.74, 6) is 0.185. The number of hydrogen-bond donors (Lipinski definition) is 1. The Labute approximate surface area is 106 Å². The van der Waals surface area contributed by atoms with Gasteiger partial charge in [-0.2, -0.15) is 0 Å². The maximum absolute atomic E-state index is 12.5. The average Bonchev–Trinajstić information content (AvgIpc) is 2.76. The van der Waals surface area contributed by atoms with Crippen LogP contribution < -0.4 is 0 Å². The summed E-state index contributed by atoms with van der Waals surface area (Å²) in [6, 6.07) is -0.603. The molecule has 0 spiro atoms. The standard InChI is InChI=1S/C12H19NO3S/c1-12(6-4-8-17-12)11(16)13-7-3-2-5-9(13)10(14)15/h9H,2-8H2,1H3,(H,14,15)/t9-,12?/m0/s1. The molecular formula is C12H19NO3S. The van der Waals surface area contributed by atoms with Crippen molar-refractivity contribution in [3.63, 3.8) is 0 Å². The number of thioether (sulfide) groups is 1. The van der Waals surface area contributed by atoms with Crippen molar-refractivity contribution in [3.8, 4) is 0 Å². The molecule has 4 nitrogen and oxygen atoms in total. The van der Waals surface area contributed by atoms with E-state index in [9.17, 15) is 14.7 Å². The lowest BCUT2D eigenvalue weighted by atomic mass is 9.97. The highest BCUT2D eigenvalue weighted by Gasteiger charge is 2.44. The lowest BCUT2D eigenvalue weighted by Gasteiger charge is -2.37. The van der Waals surface area contributed by atoms with Gasteiger partial charge in [-0.05, 0) is 44.8 Å². The molecule has 0 aromatic heterocycles. The highest BCUT2D eigenvalue weighted by molar-refractivity contribution is 8.01. The number of hydrogen-bond acceptors (Lipinski definition) is 3. The van der Waals surface area contributed by atoms with Crippen molar-refractivity contribution in [2.24, 2.45) is 0 Å². The second-order valence-electron chi connectivity index (χ2n) is 5.03. The Morgan fingerprint density at radius 3 is 2.71 bits per heavy atom. The molecule has 5 heteroatoms. The minimum Gasteiger partial charge on any atom is -0.480 e. The molecule has 1 unspecified atom stereocenters. The number of carbonyl (C=O) groups is 2. The highest BCUT2D eigenvalue weighted by atomic mass is 32.2. The average molecular weight is 257 g/mol. The maximum Gasteiger partial charge on any atom is 0.326 e. The second kappa shape index (κ2) is 4.88. The van der Waals surface area contributed by atoms with Gasteiger partial charge in [0.2, 0.25) is 5.91 Å². The van der Waals surface area contributed by atoms with Gasteiger partial charge in [0.1, 0.15) is 6.04 Å². The van der Waals surface area contributed by atoms with Crippen LogP contribution in [0.5, 0.6) is 0 Å². The maximum atomic E-state index is 12.5. The fraction of sp³-hybridized carbons (Fsp3) is 0.833. The molecule has 96 valence electrons. The summed E-state index contributed by atoms with van der Waals surface area (Å²) in [5, 5.41) is 9.18. The second-order valence-corrected chi connectivity index (χ2v) is 6.63. The normalized spacial score (nSPS) is 33.7. The van der Waals surface area contributed by atoms with E-state index >= 15 is 0 Å². The molecule has 0 aliphatic carbocycles. The van der Waals surface area contributed by atoms with E-state index in [1.165, 1.54) is 0 Å². The van der Waals surface area contributed by atoms with Gasteiger partial charge in [-0.1, -0.05) is 0 Å². The summed E-state index contributed by atoms with van der Waals surface area (Å²) in [4.78, 5) is 25.3. The molecular weight excluding hydrogens is 238 g/mol. The fourth-order valence-corrected chi connectivity index (χ4v) is 3.95. The van der Waals surface area contributed by atoms with Crippen LogP contribution in [0.4, 0.5) is 0 Å². The predicted octanol–water partition coefficient (Wildman–Crippen LogP) is 1.74. The molecule has 2 aliphatic rings. The van der Waals surface area contributed by atoms with Crippen LogP contribution in [0.15, 0.2) is 0 Å². The Morgan fingerprint density at radius 2 is 2.12 bits per heavy atom. The molecule has 0 bridgehead atoms. The number of carboxylic acid groups (broad SMARTS) is 1. The number of piperidine rings is 1. The summed E-state index contributed by atoms with van der Waals surface area (Å²) < 4.78 is -0.384. The number of likely N-dealkylation sites (tertiary alicyclic amines) is 1. The van der Waals surface area contributed by atoms with Gasteiger partial charge >= 0.3 is 5.97 Å². The molecule has 0 radical (unpaired) electrons. The molecule has 1 N–H and O–H groups in total. The number of carbonyl (C=O) groups excluding carboxylic acids is 1. The monoisotopic (exact) mass is 257 g/mol. The Balaban J connectivity index is 2.13. The molecule has 2 fully saturated rings. The Morgan fingerprint density at radius 1 is 1.35 bits per heavy atom. The summed E-state index contributed by atoms with van der Waals surface area (Å²) in [6.07, 6.45) is 4.36. The van der Waals surface area contributed by atoms with Gasteiger partial charge in [-0.25, -0.2) is 4.79 Å². The van der Waals surface area contributed by atoms with Gasteiger partial charge in [0.15, 0.2) is 0 Å². The van der Waals surface area contributed by atoms with Crippen molar-refractivity contribution in [2.45, 2.75) is 49.8 Å². The minimum atomic E-state index is -0.857. The van der Waals surface area contributed by atoms with Gasteiger partial charge in [0, 0.05) is 6.54 Å². The van der Waals surface area contributed by atoms with Gasteiger partial charge < -0.3 is 10.0 Å². The van der Waals surface area contributed by atoms with Crippen molar-refractivity contribution in [2.75, 3.05) is 12.3 Å². The molecule has 1 amide bonds. The summed E-state index contributed by atoms with van der Waals surface area (Å²) >= 11 is 1.68. The van der Waals surface area contributed by atoms with E-state index in [1.807, 2.05) is 6.92 Å². The SMILES string of the molecule is CC1(C(=O)N2CCCC[C@H]2C(=O)O)CCCS1. The Kier molecular flexibility index (Phi) is 3.66. The van der Waals surface area contributed by atoms with E-state index in [2.05, 4.69) is 0 Å². The molecule has 2 aliphatic heterocycles. The quantitative estimate of drug-likeness (QED) is 0.818. The van der Waals surface area contributed by atoms with Crippen LogP contribution in [0.25, 0.3) is 0 Å². The van der Waals surface area contributed by atoms with E-state index in [-0.39, 0.29) is 10.7 Å².